The zero-order chi connectivity index (χ0) is 17.9. The maximum absolute atomic E-state index is 11.9. The zero-order valence-corrected chi connectivity index (χ0v) is 15.1. The highest BCUT2D eigenvalue weighted by molar-refractivity contribution is 5.83. The zero-order valence-electron chi connectivity index (χ0n) is 15.1. The van der Waals surface area contributed by atoms with Crippen LogP contribution in [0.25, 0.3) is 0 Å². The van der Waals surface area contributed by atoms with Gasteiger partial charge in [0.25, 0.3) is 5.91 Å². The van der Waals surface area contributed by atoms with Crippen LogP contribution in [0.3, 0.4) is 0 Å². The van der Waals surface area contributed by atoms with Crippen LogP contribution in [0.15, 0.2) is 41.0 Å². The number of ether oxygens (including phenoxy) is 2. The number of hydrogen-bond acceptors (Lipinski definition) is 4. The van der Waals surface area contributed by atoms with Crippen molar-refractivity contribution in [3.05, 3.63) is 35.9 Å². The Morgan fingerprint density at radius 1 is 1.32 bits per heavy atom. The van der Waals surface area contributed by atoms with Crippen LogP contribution in [0.4, 0.5) is 0 Å². The van der Waals surface area contributed by atoms with E-state index in [1.54, 1.807) is 12.3 Å². The van der Waals surface area contributed by atoms with Gasteiger partial charge in [-0.1, -0.05) is 32.1 Å². The molecule has 1 N–H and O–H groups in total. The summed E-state index contributed by atoms with van der Waals surface area (Å²) in [7, 11) is 0. The fourth-order valence-corrected chi connectivity index (χ4v) is 3.74. The summed E-state index contributed by atoms with van der Waals surface area (Å²) in [6, 6.07) is 7.31. The summed E-state index contributed by atoms with van der Waals surface area (Å²) in [5.74, 6) is 2.25. The topological polar surface area (TPSA) is 59.9 Å². The molecule has 2 unspecified atom stereocenters. The smallest absolute Gasteiger partial charge is 0.277 e. The standard InChI is InChI=1S/C20H26N2O3/c1-4-24-17-7-5-6-8-18(17)25-13-19(23)22-21-12-14-9-10-15-11-16(14)20(15,2)3/h5-9,12,15-16H,4,10-11,13H2,1-3H3,(H,22,23)/b21-12+. The molecular weight excluding hydrogens is 316 g/mol. The van der Waals surface area contributed by atoms with Gasteiger partial charge in [-0.2, -0.15) is 5.10 Å². The molecule has 1 fully saturated rings. The minimum absolute atomic E-state index is 0.0997. The second kappa shape index (κ2) is 7.30. The van der Waals surface area contributed by atoms with E-state index >= 15 is 0 Å². The maximum Gasteiger partial charge on any atom is 0.277 e. The van der Waals surface area contributed by atoms with E-state index in [1.165, 1.54) is 12.0 Å². The average molecular weight is 342 g/mol. The number of benzene rings is 1. The van der Waals surface area contributed by atoms with Crippen LogP contribution in [-0.2, 0) is 4.79 Å². The molecule has 0 spiro atoms. The Labute approximate surface area is 149 Å². The summed E-state index contributed by atoms with van der Waals surface area (Å²) >= 11 is 0. The highest BCUT2D eigenvalue weighted by Gasteiger charge is 2.50. The predicted octanol–water partition coefficient (Wildman–Crippen LogP) is 3.56. The minimum atomic E-state index is -0.287. The van der Waals surface area contributed by atoms with E-state index < -0.39 is 0 Å². The molecule has 0 radical (unpaired) electrons. The third-order valence-corrected chi connectivity index (χ3v) is 5.42. The third-order valence-electron chi connectivity index (χ3n) is 5.42. The van der Waals surface area contributed by atoms with E-state index in [0.717, 1.165) is 12.3 Å². The van der Waals surface area contributed by atoms with Gasteiger partial charge < -0.3 is 9.47 Å². The fraction of sp³-hybridized carbons (Fsp3) is 0.500. The van der Waals surface area contributed by atoms with Crippen LogP contribution in [0.5, 0.6) is 11.5 Å². The van der Waals surface area contributed by atoms with Crippen LogP contribution < -0.4 is 14.9 Å². The second-order valence-electron chi connectivity index (χ2n) is 7.21. The number of nitrogens with one attached hydrogen (secondary N) is 1. The molecule has 1 aromatic carbocycles. The van der Waals surface area contributed by atoms with Gasteiger partial charge in [0.1, 0.15) is 0 Å². The van der Waals surface area contributed by atoms with Crippen LogP contribution in [0.1, 0.15) is 33.6 Å². The van der Waals surface area contributed by atoms with E-state index in [0.29, 0.717) is 29.4 Å². The summed E-state index contributed by atoms with van der Waals surface area (Å²) in [6.07, 6.45) is 6.37. The first-order valence-corrected chi connectivity index (χ1v) is 8.89. The Morgan fingerprint density at radius 2 is 2.04 bits per heavy atom. The highest BCUT2D eigenvalue weighted by Crippen LogP contribution is 2.58. The Kier molecular flexibility index (Phi) is 5.11. The minimum Gasteiger partial charge on any atom is -0.490 e. The molecule has 2 bridgehead atoms. The molecule has 1 amide bonds. The molecule has 1 aromatic rings. The van der Waals surface area contributed by atoms with Gasteiger partial charge in [-0.15, -0.1) is 0 Å². The maximum atomic E-state index is 11.9. The third kappa shape index (κ3) is 3.70. The van der Waals surface area contributed by atoms with Gasteiger partial charge in [-0.25, -0.2) is 5.43 Å². The monoisotopic (exact) mass is 342 g/mol. The molecule has 5 heteroatoms. The first kappa shape index (κ1) is 17.5. The van der Waals surface area contributed by atoms with Crippen molar-refractivity contribution in [1.82, 2.24) is 5.43 Å². The second-order valence-corrected chi connectivity index (χ2v) is 7.21. The summed E-state index contributed by atoms with van der Waals surface area (Å²) < 4.78 is 11.0. The van der Waals surface area contributed by atoms with Gasteiger partial charge in [0.15, 0.2) is 18.1 Å². The average Bonchev–Trinajstić information content (AvgIpc) is 2.61. The van der Waals surface area contributed by atoms with Gasteiger partial charge in [-0.05, 0) is 54.7 Å². The van der Waals surface area contributed by atoms with Crippen molar-refractivity contribution in [2.24, 2.45) is 22.4 Å². The number of para-hydroxylation sites is 2. The molecule has 0 aromatic heterocycles. The lowest BCUT2D eigenvalue weighted by atomic mass is 9.49. The van der Waals surface area contributed by atoms with Crippen LogP contribution in [-0.4, -0.2) is 25.3 Å². The molecule has 1 saturated carbocycles. The number of hydrazone groups is 1. The van der Waals surface area contributed by atoms with Crippen molar-refractivity contribution in [2.45, 2.75) is 33.6 Å². The number of carbonyl (C=O) groups is 1. The molecule has 0 aliphatic heterocycles. The molecule has 0 heterocycles. The fourth-order valence-electron chi connectivity index (χ4n) is 3.74. The molecule has 0 saturated heterocycles. The molecule has 3 aliphatic carbocycles. The first-order chi connectivity index (χ1) is 12.0. The lowest BCUT2D eigenvalue weighted by Crippen LogP contribution is -2.48. The van der Waals surface area contributed by atoms with E-state index in [1.807, 2.05) is 25.1 Å². The summed E-state index contributed by atoms with van der Waals surface area (Å²) in [5.41, 5.74) is 4.13. The number of amides is 1. The van der Waals surface area contributed by atoms with Crippen LogP contribution >= 0.6 is 0 Å². The van der Waals surface area contributed by atoms with E-state index in [4.69, 9.17) is 9.47 Å². The number of rotatable bonds is 7. The summed E-state index contributed by atoms with van der Waals surface area (Å²) in [4.78, 5) is 11.9. The molecule has 134 valence electrons. The highest BCUT2D eigenvalue weighted by atomic mass is 16.5. The van der Waals surface area contributed by atoms with E-state index in [-0.39, 0.29) is 12.5 Å². The van der Waals surface area contributed by atoms with Gasteiger partial charge >= 0.3 is 0 Å². The Hall–Kier alpha value is -2.30. The quantitative estimate of drug-likeness (QED) is 0.609. The first-order valence-electron chi connectivity index (χ1n) is 8.89. The lowest BCUT2D eigenvalue weighted by molar-refractivity contribution is -0.123. The predicted molar refractivity (Wildman–Crippen MR) is 97.8 cm³/mol. The van der Waals surface area contributed by atoms with Crippen molar-refractivity contribution in [1.29, 1.82) is 0 Å². The van der Waals surface area contributed by atoms with Crippen molar-refractivity contribution in [2.75, 3.05) is 13.2 Å². The van der Waals surface area contributed by atoms with Crippen molar-refractivity contribution in [3.8, 4) is 11.5 Å². The summed E-state index contributed by atoms with van der Waals surface area (Å²) in [6.45, 7) is 6.98. The SMILES string of the molecule is CCOc1ccccc1OCC(=O)N/N=C/C1=CCC2CC1C2(C)C. The Bertz CT molecular complexity index is 694. The molecule has 4 rings (SSSR count). The van der Waals surface area contributed by atoms with Gasteiger partial charge in [-0.3, -0.25) is 4.79 Å². The van der Waals surface area contributed by atoms with Gasteiger partial charge in [0.2, 0.25) is 0 Å². The van der Waals surface area contributed by atoms with Crippen molar-refractivity contribution < 1.29 is 14.3 Å². The normalized spacial score (nSPS) is 23.6. The molecule has 2 atom stereocenters. The van der Waals surface area contributed by atoms with E-state index in [9.17, 15) is 4.79 Å². The summed E-state index contributed by atoms with van der Waals surface area (Å²) in [5, 5.41) is 4.10. The van der Waals surface area contributed by atoms with Gasteiger partial charge in [0.05, 0.1) is 12.8 Å². The molecule has 3 aliphatic rings. The number of hydrogen-bond donors (Lipinski definition) is 1. The lowest BCUT2D eigenvalue weighted by Gasteiger charge is -2.55. The van der Waals surface area contributed by atoms with Crippen LogP contribution in [0, 0.1) is 17.3 Å². The molecule has 5 nitrogen and oxygen atoms in total. The van der Waals surface area contributed by atoms with Crippen molar-refractivity contribution >= 4 is 12.1 Å². The molecule has 25 heavy (non-hydrogen) atoms. The van der Waals surface area contributed by atoms with Crippen molar-refractivity contribution in [3.63, 3.8) is 0 Å². The Balaban J connectivity index is 1.48. The number of carbonyl (C=O) groups excluding carboxylic acids is 1. The van der Waals surface area contributed by atoms with Gasteiger partial charge in [0, 0.05) is 0 Å². The number of allylic oxidation sites excluding steroid dienone is 2. The number of fused-ring (bicyclic) bond motifs is 1. The van der Waals surface area contributed by atoms with E-state index in [2.05, 4.69) is 30.5 Å². The molecular formula is C20H26N2O3. The number of nitrogens with zero attached hydrogens (tertiary/aromatic N) is 1. The van der Waals surface area contributed by atoms with Crippen LogP contribution in [0.2, 0.25) is 0 Å². The largest absolute Gasteiger partial charge is 0.490 e. The Morgan fingerprint density at radius 3 is 2.68 bits per heavy atom.